The van der Waals surface area contributed by atoms with Gasteiger partial charge in [-0.15, -0.1) is 24.0 Å². The van der Waals surface area contributed by atoms with Gasteiger partial charge in [0.05, 0.1) is 0 Å². The van der Waals surface area contributed by atoms with Crippen LogP contribution in [-0.2, 0) is 4.74 Å². The first-order valence-electron chi connectivity index (χ1n) is 8.57. The summed E-state index contributed by atoms with van der Waals surface area (Å²) in [6.07, 6.45) is 3.30. The van der Waals surface area contributed by atoms with Gasteiger partial charge < -0.3 is 19.7 Å². The number of para-hydroxylation sites is 1. The van der Waals surface area contributed by atoms with E-state index in [1.54, 1.807) is 7.11 Å². The molecule has 0 amide bonds. The van der Waals surface area contributed by atoms with Gasteiger partial charge in [0.25, 0.3) is 0 Å². The SMILES string of the molecule is CCNC(=NCCCOC)N1CCC(Oc2ccccc2)CC1.I. The van der Waals surface area contributed by atoms with E-state index in [1.165, 1.54) is 0 Å². The van der Waals surface area contributed by atoms with Crippen molar-refractivity contribution in [2.45, 2.75) is 32.3 Å². The van der Waals surface area contributed by atoms with Gasteiger partial charge in [-0.2, -0.15) is 0 Å². The highest BCUT2D eigenvalue weighted by Gasteiger charge is 2.22. The molecule has 1 fully saturated rings. The van der Waals surface area contributed by atoms with Crippen LogP contribution in [0, 0.1) is 0 Å². The minimum atomic E-state index is 0. The maximum atomic E-state index is 6.05. The van der Waals surface area contributed by atoms with Crippen molar-refractivity contribution in [1.29, 1.82) is 0 Å². The number of rotatable bonds is 7. The highest BCUT2D eigenvalue weighted by atomic mass is 127. The smallest absolute Gasteiger partial charge is 0.193 e. The van der Waals surface area contributed by atoms with Crippen LogP contribution < -0.4 is 10.1 Å². The third kappa shape index (κ3) is 7.25. The van der Waals surface area contributed by atoms with Gasteiger partial charge in [-0.25, -0.2) is 0 Å². The van der Waals surface area contributed by atoms with Gasteiger partial charge in [-0.05, 0) is 25.5 Å². The van der Waals surface area contributed by atoms with Crippen LogP contribution in [0.1, 0.15) is 26.2 Å². The number of methoxy groups -OCH3 is 1. The van der Waals surface area contributed by atoms with E-state index in [-0.39, 0.29) is 24.0 Å². The normalized spacial score (nSPS) is 15.8. The van der Waals surface area contributed by atoms with Gasteiger partial charge in [0.2, 0.25) is 0 Å². The molecule has 136 valence electrons. The fourth-order valence-corrected chi connectivity index (χ4v) is 2.70. The summed E-state index contributed by atoms with van der Waals surface area (Å²) in [6, 6.07) is 10.1. The minimum Gasteiger partial charge on any atom is -0.490 e. The van der Waals surface area contributed by atoms with E-state index < -0.39 is 0 Å². The number of nitrogens with zero attached hydrogens (tertiary/aromatic N) is 2. The maximum Gasteiger partial charge on any atom is 0.193 e. The maximum absolute atomic E-state index is 6.05. The lowest BCUT2D eigenvalue weighted by molar-refractivity contribution is 0.129. The number of likely N-dealkylation sites (tertiary alicyclic amines) is 1. The van der Waals surface area contributed by atoms with Gasteiger partial charge in [0.1, 0.15) is 11.9 Å². The molecular formula is C18H30IN3O2. The Bertz CT molecular complexity index is 463. The molecule has 2 rings (SSSR count). The molecule has 0 spiro atoms. The molecule has 0 radical (unpaired) electrons. The van der Waals surface area contributed by atoms with Gasteiger partial charge in [-0.3, -0.25) is 4.99 Å². The lowest BCUT2D eigenvalue weighted by atomic mass is 10.1. The Hall–Kier alpha value is -1.02. The van der Waals surface area contributed by atoms with Crippen molar-refractivity contribution in [2.24, 2.45) is 4.99 Å². The Morgan fingerprint density at radius 2 is 1.96 bits per heavy atom. The number of hydrogen-bond donors (Lipinski definition) is 1. The lowest BCUT2D eigenvalue weighted by Gasteiger charge is -2.34. The quantitative estimate of drug-likeness (QED) is 0.302. The Labute approximate surface area is 162 Å². The summed E-state index contributed by atoms with van der Waals surface area (Å²) < 4.78 is 11.1. The van der Waals surface area contributed by atoms with Crippen LogP contribution in [0.25, 0.3) is 0 Å². The molecule has 1 aliphatic heterocycles. The van der Waals surface area contributed by atoms with Crippen molar-refractivity contribution < 1.29 is 9.47 Å². The van der Waals surface area contributed by atoms with Crippen LogP contribution in [0.5, 0.6) is 5.75 Å². The number of ether oxygens (including phenoxy) is 2. The first-order chi connectivity index (χ1) is 11.3. The summed E-state index contributed by atoms with van der Waals surface area (Å²) in [5.74, 6) is 1.98. The zero-order valence-corrected chi connectivity index (χ0v) is 17.1. The van der Waals surface area contributed by atoms with Crippen molar-refractivity contribution in [3.8, 4) is 5.75 Å². The van der Waals surface area contributed by atoms with Gasteiger partial charge >= 0.3 is 0 Å². The molecule has 1 saturated heterocycles. The van der Waals surface area contributed by atoms with Gasteiger partial charge in [-0.1, -0.05) is 18.2 Å². The summed E-state index contributed by atoms with van der Waals surface area (Å²) in [5, 5.41) is 3.39. The zero-order chi connectivity index (χ0) is 16.3. The molecule has 0 atom stereocenters. The number of benzene rings is 1. The zero-order valence-electron chi connectivity index (χ0n) is 14.7. The average Bonchev–Trinajstić information content (AvgIpc) is 2.59. The van der Waals surface area contributed by atoms with E-state index in [1.807, 2.05) is 30.3 Å². The molecule has 24 heavy (non-hydrogen) atoms. The molecule has 1 aromatic carbocycles. The minimum absolute atomic E-state index is 0. The van der Waals surface area contributed by atoms with Gasteiger partial charge in [0.15, 0.2) is 5.96 Å². The molecule has 5 nitrogen and oxygen atoms in total. The van der Waals surface area contributed by atoms with Crippen LogP contribution in [0.15, 0.2) is 35.3 Å². The van der Waals surface area contributed by atoms with Crippen LogP contribution in [0.4, 0.5) is 0 Å². The number of nitrogens with one attached hydrogen (secondary N) is 1. The number of halogens is 1. The summed E-state index contributed by atoms with van der Waals surface area (Å²) in [6.45, 7) is 6.52. The lowest BCUT2D eigenvalue weighted by Crippen LogP contribution is -2.47. The van der Waals surface area contributed by atoms with E-state index in [9.17, 15) is 0 Å². The number of piperidine rings is 1. The Morgan fingerprint density at radius 1 is 1.25 bits per heavy atom. The largest absolute Gasteiger partial charge is 0.490 e. The second-order valence-electron chi connectivity index (χ2n) is 5.70. The van der Waals surface area contributed by atoms with Gasteiger partial charge in [0, 0.05) is 52.7 Å². The second kappa shape index (κ2) is 12.4. The molecule has 1 aromatic rings. The third-order valence-electron chi connectivity index (χ3n) is 3.89. The van der Waals surface area contributed by atoms with E-state index in [4.69, 9.17) is 14.5 Å². The molecule has 0 unspecified atom stereocenters. The molecule has 0 aromatic heterocycles. The summed E-state index contributed by atoms with van der Waals surface area (Å²) in [7, 11) is 1.73. The highest BCUT2D eigenvalue weighted by molar-refractivity contribution is 14.0. The first kappa shape index (κ1) is 21.0. The average molecular weight is 447 g/mol. The van der Waals surface area contributed by atoms with Crippen molar-refractivity contribution >= 4 is 29.9 Å². The summed E-state index contributed by atoms with van der Waals surface area (Å²) in [5.41, 5.74) is 0. The number of aliphatic imine (C=N–C) groups is 1. The number of hydrogen-bond acceptors (Lipinski definition) is 3. The summed E-state index contributed by atoms with van der Waals surface area (Å²) in [4.78, 5) is 7.03. The van der Waals surface area contributed by atoms with Crippen LogP contribution in [0.3, 0.4) is 0 Å². The fraction of sp³-hybridized carbons (Fsp3) is 0.611. The van der Waals surface area contributed by atoms with E-state index in [0.29, 0.717) is 6.10 Å². The Kier molecular flexibility index (Phi) is 10.8. The Morgan fingerprint density at radius 3 is 2.58 bits per heavy atom. The van der Waals surface area contributed by atoms with E-state index >= 15 is 0 Å². The fourth-order valence-electron chi connectivity index (χ4n) is 2.70. The molecule has 0 saturated carbocycles. The Balaban J connectivity index is 0.00000288. The van der Waals surface area contributed by atoms with Crippen LogP contribution in [-0.4, -0.2) is 56.9 Å². The predicted octanol–water partition coefficient (Wildman–Crippen LogP) is 3.15. The monoisotopic (exact) mass is 447 g/mol. The number of guanidine groups is 1. The van der Waals surface area contributed by atoms with Crippen LogP contribution in [0.2, 0.25) is 0 Å². The highest BCUT2D eigenvalue weighted by Crippen LogP contribution is 2.18. The summed E-state index contributed by atoms with van der Waals surface area (Å²) >= 11 is 0. The predicted molar refractivity (Wildman–Crippen MR) is 110 cm³/mol. The topological polar surface area (TPSA) is 46.1 Å². The molecule has 6 heteroatoms. The second-order valence-corrected chi connectivity index (χ2v) is 5.70. The van der Waals surface area contributed by atoms with Crippen molar-refractivity contribution in [3.05, 3.63) is 30.3 Å². The van der Waals surface area contributed by atoms with E-state index in [0.717, 1.165) is 63.8 Å². The van der Waals surface area contributed by atoms with E-state index in [2.05, 4.69) is 17.1 Å². The van der Waals surface area contributed by atoms with Crippen molar-refractivity contribution in [2.75, 3.05) is 39.9 Å². The standard InChI is InChI=1S/C18H29N3O2.HI/c1-3-19-18(20-12-7-15-22-2)21-13-10-17(11-14-21)23-16-8-5-4-6-9-16;/h4-6,8-9,17H,3,7,10-15H2,1-2H3,(H,19,20);1H. The molecule has 1 aliphatic rings. The molecule has 1 N–H and O–H groups in total. The first-order valence-corrected chi connectivity index (χ1v) is 8.57. The molecule has 1 heterocycles. The molecule has 0 bridgehead atoms. The van der Waals surface area contributed by atoms with Crippen LogP contribution >= 0.6 is 24.0 Å². The molecule has 0 aliphatic carbocycles. The molecular weight excluding hydrogens is 417 g/mol. The van der Waals surface area contributed by atoms with Crippen molar-refractivity contribution in [3.63, 3.8) is 0 Å². The third-order valence-corrected chi connectivity index (χ3v) is 3.89. The van der Waals surface area contributed by atoms with Crippen molar-refractivity contribution in [1.82, 2.24) is 10.2 Å².